The van der Waals surface area contributed by atoms with Crippen LogP contribution in [0.1, 0.15) is 64.0 Å². The molecule has 0 aliphatic heterocycles. The minimum absolute atomic E-state index is 0.0856. The van der Waals surface area contributed by atoms with Gasteiger partial charge in [-0.1, -0.05) is 0 Å². The van der Waals surface area contributed by atoms with Crippen LogP contribution in [0.25, 0.3) is 5.57 Å². The van der Waals surface area contributed by atoms with Gasteiger partial charge in [-0.05, 0) is 31.2 Å². The number of halogens is 3. The summed E-state index contributed by atoms with van der Waals surface area (Å²) in [6.07, 6.45) is -1.90. The van der Waals surface area contributed by atoms with Crippen molar-refractivity contribution in [3.8, 4) is 0 Å². The van der Waals surface area contributed by atoms with Crippen molar-refractivity contribution in [2.75, 3.05) is 7.11 Å². The van der Waals surface area contributed by atoms with Crippen molar-refractivity contribution in [2.24, 2.45) is 5.92 Å². The molecular formula is C20H19F3N2O4S. The third kappa shape index (κ3) is 2.84. The number of rotatable bonds is 3. The van der Waals surface area contributed by atoms with E-state index in [4.69, 9.17) is 4.74 Å². The molecule has 30 heavy (non-hydrogen) atoms. The monoisotopic (exact) mass is 440 g/mol. The van der Waals surface area contributed by atoms with Crippen molar-refractivity contribution < 1.29 is 23.0 Å². The zero-order valence-corrected chi connectivity index (χ0v) is 16.7. The van der Waals surface area contributed by atoms with Crippen molar-refractivity contribution in [3.05, 3.63) is 59.3 Å². The van der Waals surface area contributed by atoms with Gasteiger partial charge >= 0.3 is 5.69 Å². The first-order valence-corrected chi connectivity index (χ1v) is 10.5. The number of aryl methyl sites for hydroxylation is 1. The van der Waals surface area contributed by atoms with Gasteiger partial charge in [0.05, 0.1) is 17.2 Å². The van der Waals surface area contributed by atoms with Gasteiger partial charge in [-0.2, -0.15) is 0 Å². The first kappa shape index (κ1) is 19.8. The summed E-state index contributed by atoms with van der Waals surface area (Å²) in [5.74, 6) is -4.92. The SMILES string of the molecule is COC1c2[nH]c(=O)[nH]c(=O)c2C(C2CC2)=C(F)C1c1cc2c(s1)CCC(F)(F)C2O. The molecule has 3 N–H and O–H groups in total. The summed E-state index contributed by atoms with van der Waals surface area (Å²) in [6.45, 7) is 0. The molecule has 2 aromatic heterocycles. The highest BCUT2D eigenvalue weighted by Crippen LogP contribution is 2.56. The Kier molecular flexibility index (Phi) is 4.39. The van der Waals surface area contributed by atoms with Crippen LogP contribution in [0, 0.1) is 5.92 Å². The molecule has 1 saturated carbocycles. The molecule has 0 aromatic carbocycles. The highest BCUT2D eigenvalue weighted by molar-refractivity contribution is 7.12. The number of aliphatic hydroxyl groups is 1. The fourth-order valence-corrected chi connectivity index (χ4v) is 5.88. The number of aromatic nitrogens is 2. The van der Waals surface area contributed by atoms with Crippen LogP contribution in [0.2, 0.25) is 0 Å². The van der Waals surface area contributed by atoms with Crippen molar-refractivity contribution in [1.82, 2.24) is 9.97 Å². The number of methoxy groups -OCH3 is 1. The molecule has 0 radical (unpaired) electrons. The van der Waals surface area contributed by atoms with Crippen LogP contribution in [-0.4, -0.2) is 28.1 Å². The van der Waals surface area contributed by atoms with Crippen LogP contribution >= 0.6 is 11.3 Å². The van der Waals surface area contributed by atoms with E-state index >= 15 is 4.39 Å². The molecule has 1 fully saturated rings. The molecule has 0 amide bonds. The van der Waals surface area contributed by atoms with E-state index in [2.05, 4.69) is 9.97 Å². The molecule has 0 bridgehead atoms. The highest BCUT2D eigenvalue weighted by Gasteiger charge is 2.48. The zero-order valence-electron chi connectivity index (χ0n) is 15.9. The van der Waals surface area contributed by atoms with Gasteiger partial charge < -0.3 is 14.8 Å². The number of H-pyrrole nitrogens is 2. The van der Waals surface area contributed by atoms with Gasteiger partial charge in [-0.3, -0.25) is 9.78 Å². The first-order chi connectivity index (χ1) is 14.2. The number of fused-ring (bicyclic) bond motifs is 2. The molecule has 6 nitrogen and oxygen atoms in total. The van der Waals surface area contributed by atoms with Gasteiger partial charge in [-0.15, -0.1) is 11.3 Å². The van der Waals surface area contributed by atoms with Crippen molar-refractivity contribution >= 4 is 16.9 Å². The van der Waals surface area contributed by atoms with Crippen LogP contribution in [0.4, 0.5) is 13.2 Å². The summed E-state index contributed by atoms with van der Waals surface area (Å²) in [4.78, 5) is 30.2. The molecule has 10 heteroatoms. The summed E-state index contributed by atoms with van der Waals surface area (Å²) in [5.41, 5.74) is -0.767. The molecule has 3 unspecified atom stereocenters. The van der Waals surface area contributed by atoms with Crippen LogP contribution < -0.4 is 11.2 Å². The second kappa shape index (κ2) is 6.66. The van der Waals surface area contributed by atoms with E-state index in [0.717, 1.165) is 24.2 Å². The predicted octanol–water partition coefficient (Wildman–Crippen LogP) is 3.32. The first-order valence-electron chi connectivity index (χ1n) is 9.70. The standard InChI is InChI=1S/C20H19F3N2O4S/c1-29-16-12(10-6-8-9(30-10)4-5-20(22,23)17(8)26)14(21)11(7-2-3-7)13-15(16)24-19(28)25-18(13)27/h6-7,12,16-17,26H,2-5H2,1H3,(H2,24,25,27,28). The van der Waals surface area contributed by atoms with Crippen molar-refractivity contribution in [2.45, 2.75) is 49.7 Å². The van der Waals surface area contributed by atoms with E-state index < -0.39 is 47.5 Å². The number of alkyl halides is 2. The average Bonchev–Trinajstić information content (AvgIpc) is 3.43. The molecule has 3 aliphatic rings. The Bertz CT molecular complexity index is 1180. The maximum absolute atomic E-state index is 15.8. The molecule has 2 heterocycles. The fraction of sp³-hybridized carbons (Fsp3) is 0.500. The van der Waals surface area contributed by atoms with Crippen LogP contribution in [-0.2, 0) is 11.2 Å². The summed E-state index contributed by atoms with van der Waals surface area (Å²) < 4.78 is 49.3. The van der Waals surface area contributed by atoms with Gasteiger partial charge in [-0.25, -0.2) is 18.0 Å². The van der Waals surface area contributed by atoms with E-state index in [9.17, 15) is 23.5 Å². The van der Waals surface area contributed by atoms with Gasteiger partial charge in [0.15, 0.2) is 0 Å². The number of aromatic amines is 2. The Morgan fingerprint density at radius 2 is 2.00 bits per heavy atom. The molecule has 2 aromatic rings. The Hall–Kier alpha value is -2.17. The predicted molar refractivity (Wildman–Crippen MR) is 103 cm³/mol. The number of hydrogen-bond acceptors (Lipinski definition) is 5. The van der Waals surface area contributed by atoms with Crippen molar-refractivity contribution in [3.63, 3.8) is 0 Å². The Morgan fingerprint density at radius 1 is 1.27 bits per heavy atom. The van der Waals surface area contributed by atoms with E-state index in [1.807, 2.05) is 0 Å². The zero-order chi connectivity index (χ0) is 21.4. The van der Waals surface area contributed by atoms with Crippen LogP contribution in [0.3, 0.4) is 0 Å². The molecule has 0 saturated heterocycles. The fourth-order valence-electron chi connectivity index (χ4n) is 4.56. The lowest BCUT2D eigenvalue weighted by atomic mass is 9.81. The normalized spacial score (nSPS) is 27.7. The number of nitrogens with one attached hydrogen (secondary N) is 2. The van der Waals surface area contributed by atoms with E-state index in [0.29, 0.717) is 9.75 Å². The Labute approximate surface area is 172 Å². The van der Waals surface area contributed by atoms with E-state index in [-0.39, 0.29) is 34.7 Å². The quantitative estimate of drug-likeness (QED) is 0.683. The van der Waals surface area contributed by atoms with Crippen LogP contribution in [0.15, 0.2) is 21.5 Å². The Balaban J connectivity index is 1.70. The molecule has 0 spiro atoms. The third-order valence-electron chi connectivity index (χ3n) is 6.15. The maximum Gasteiger partial charge on any atom is 0.326 e. The number of aliphatic hydroxyl groups excluding tert-OH is 1. The number of allylic oxidation sites excluding steroid dienone is 1. The van der Waals surface area contributed by atoms with Crippen molar-refractivity contribution in [1.29, 1.82) is 0 Å². The van der Waals surface area contributed by atoms with Gasteiger partial charge in [0, 0.05) is 34.4 Å². The molecular weight excluding hydrogens is 421 g/mol. The second-order valence-electron chi connectivity index (χ2n) is 8.06. The molecule has 3 atom stereocenters. The third-order valence-corrected chi connectivity index (χ3v) is 7.44. The van der Waals surface area contributed by atoms with E-state index in [1.165, 1.54) is 13.2 Å². The molecule has 160 valence electrons. The summed E-state index contributed by atoms with van der Waals surface area (Å²) >= 11 is 1.16. The lowest BCUT2D eigenvalue weighted by Gasteiger charge is -2.31. The van der Waals surface area contributed by atoms with Gasteiger partial charge in [0.25, 0.3) is 11.5 Å². The molecule has 5 rings (SSSR count). The number of thiophene rings is 1. The molecule has 3 aliphatic carbocycles. The minimum atomic E-state index is -3.24. The maximum atomic E-state index is 15.8. The highest BCUT2D eigenvalue weighted by atomic mass is 32.1. The van der Waals surface area contributed by atoms with Crippen LogP contribution in [0.5, 0.6) is 0 Å². The largest absolute Gasteiger partial charge is 0.382 e. The number of hydrogen-bond donors (Lipinski definition) is 3. The minimum Gasteiger partial charge on any atom is -0.382 e. The second-order valence-corrected chi connectivity index (χ2v) is 9.23. The summed E-state index contributed by atoms with van der Waals surface area (Å²) in [5, 5.41) is 10.1. The van der Waals surface area contributed by atoms with Gasteiger partial charge in [0.2, 0.25) is 0 Å². The summed E-state index contributed by atoms with van der Waals surface area (Å²) in [6, 6.07) is 1.41. The topological polar surface area (TPSA) is 95.2 Å². The smallest absolute Gasteiger partial charge is 0.326 e. The van der Waals surface area contributed by atoms with E-state index in [1.54, 1.807) is 0 Å². The Morgan fingerprint density at radius 3 is 2.67 bits per heavy atom. The number of ether oxygens (including phenoxy) is 1. The lowest BCUT2D eigenvalue weighted by Crippen LogP contribution is -2.34. The summed E-state index contributed by atoms with van der Waals surface area (Å²) in [7, 11) is 1.34. The van der Waals surface area contributed by atoms with Gasteiger partial charge in [0.1, 0.15) is 18.0 Å². The lowest BCUT2D eigenvalue weighted by molar-refractivity contribution is -0.121. The average molecular weight is 440 g/mol.